The molecule has 0 aliphatic heterocycles. The van der Waals surface area contributed by atoms with Crippen LogP contribution in [0.4, 0.5) is 0 Å². The van der Waals surface area contributed by atoms with Crippen LogP contribution in [-0.4, -0.2) is 41.1 Å². The molecule has 0 heterocycles. The lowest BCUT2D eigenvalue weighted by Crippen LogP contribution is -2.44. The maximum Gasteiger partial charge on any atom is 0.326 e. The first-order chi connectivity index (χ1) is 9.45. The molecule has 1 aromatic carbocycles. The predicted octanol–water partition coefficient (Wildman–Crippen LogP) is 2.54. The Labute approximate surface area is 125 Å². The van der Waals surface area contributed by atoms with Crippen LogP contribution in [0.3, 0.4) is 0 Å². The van der Waals surface area contributed by atoms with Crippen molar-refractivity contribution in [3.63, 3.8) is 0 Å². The van der Waals surface area contributed by atoms with Gasteiger partial charge in [-0.2, -0.15) is 0 Å². The van der Waals surface area contributed by atoms with Gasteiger partial charge in [-0.15, -0.1) is 0 Å². The lowest BCUT2D eigenvalue weighted by molar-refractivity contribution is -0.141. The molecule has 0 saturated heterocycles. The van der Waals surface area contributed by atoms with Gasteiger partial charge in [0.1, 0.15) is 11.8 Å². The normalized spacial score (nSPS) is 15.6. The number of carboxylic acids is 1. The quantitative estimate of drug-likeness (QED) is 0.893. The van der Waals surface area contributed by atoms with Gasteiger partial charge in [-0.1, -0.05) is 0 Å². The van der Waals surface area contributed by atoms with Crippen molar-refractivity contribution in [1.29, 1.82) is 0 Å². The van der Waals surface area contributed by atoms with Crippen LogP contribution < -0.4 is 4.74 Å². The van der Waals surface area contributed by atoms with Gasteiger partial charge >= 0.3 is 5.97 Å². The van der Waals surface area contributed by atoms with E-state index in [0.29, 0.717) is 15.8 Å². The second-order valence-electron chi connectivity index (χ2n) is 4.80. The molecule has 5 nitrogen and oxygen atoms in total. The third-order valence-electron chi connectivity index (χ3n) is 3.35. The highest BCUT2D eigenvalue weighted by Crippen LogP contribution is 2.32. The molecule has 1 unspecified atom stereocenters. The molecule has 1 aliphatic rings. The van der Waals surface area contributed by atoms with Crippen LogP contribution in [0.5, 0.6) is 5.75 Å². The van der Waals surface area contributed by atoms with Gasteiger partial charge in [-0.25, -0.2) is 4.79 Å². The molecule has 2 rings (SSSR count). The smallest absolute Gasteiger partial charge is 0.326 e. The van der Waals surface area contributed by atoms with Crippen molar-refractivity contribution in [3.05, 3.63) is 28.2 Å². The van der Waals surface area contributed by atoms with E-state index in [9.17, 15) is 9.59 Å². The summed E-state index contributed by atoms with van der Waals surface area (Å²) >= 11 is 3.33. The van der Waals surface area contributed by atoms with E-state index in [2.05, 4.69) is 15.9 Å². The number of hydrogen-bond acceptors (Lipinski definition) is 3. The summed E-state index contributed by atoms with van der Waals surface area (Å²) in [6.07, 6.45) is 1.70. The zero-order valence-corrected chi connectivity index (χ0v) is 12.9. The monoisotopic (exact) mass is 341 g/mol. The zero-order valence-electron chi connectivity index (χ0n) is 11.3. The molecule has 1 N–H and O–H groups in total. The van der Waals surface area contributed by atoms with Crippen molar-refractivity contribution in [3.8, 4) is 5.75 Å². The highest BCUT2D eigenvalue weighted by atomic mass is 79.9. The fourth-order valence-electron chi connectivity index (χ4n) is 2.06. The van der Waals surface area contributed by atoms with E-state index >= 15 is 0 Å². The molecule has 1 aliphatic carbocycles. The van der Waals surface area contributed by atoms with Crippen molar-refractivity contribution < 1.29 is 19.4 Å². The van der Waals surface area contributed by atoms with E-state index in [1.54, 1.807) is 18.2 Å². The van der Waals surface area contributed by atoms with Crippen molar-refractivity contribution in [1.82, 2.24) is 4.90 Å². The topological polar surface area (TPSA) is 66.8 Å². The van der Waals surface area contributed by atoms with E-state index in [1.807, 2.05) is 0 Å². The minimum Gasteiger partial charge on any atom is -0.497 e. The first-order valence-corrected chi connectivity index (χ1v) is 7.14. The number of aliphatic carboxylic acids is 1. The van der Waals surface area contributed by atoms with E-state index < -0.39 is 12.0 Å². The molecule has 20 heavy (non-hydrogen) atoms. The Morgan fingerprint density at radius 3 is 2.60 bits per heavy atom. The van der Waals surface area contributed by atoms with Crippen LogP contribution in [0.2, 0.25) is 0 Å². The van der Waals surface area contributed by atoms with Crippen LogP contribution in [0, 0.1) is 0 Å². The minimum atomic E-state index is -0.996. The molecule has 0 spiro atoms. The Hall–Kier alpha value is -1.56. The molecule has 1 amide bonds. The number of nitrogens with zero attached hydrogens (tertiary/aromatic N) is 1. The fourth-order valence-corrected chi connectivity index (χ4v) is 2.48. The molecule has 0 radical (unpaired) electrons. The molecule has 6 heteroatoms. The largest absolute Gasteiger partial charge is 0.497 e. The summed E-state index contributed by atoms with van der Waals surface area (Å²) in [5.41, 5.74) is 0.421. The maximum absolute atomic E-state index is 12.6. The second kappa shape index (κ2) is 5.83. The third-order valence-corrected chi connectivity index (χ3v) is 4.04. The lowest BCUT2D eigenvalue weighted by atomic mass is 10.1. The Morgan fingerprint density at radius 1 is 1.45 bits per heavy atom. The van der Waals surface area contributed by atoms with Crippen LogP contribution in [0.15, 0.2) is 22.7 Å². The Kier molecular flexibility index (Phi) is 4.32. The van der Waals surface area contributed by atoms with Crippen LogP contribution >= 0.6 is 15.9 Å². The van der Waals surface area contributed by atoms with Gasteiger partial charge in [-0.05, 0) is 53.9 Å². The Bertz CT molecular complexity index is 542. The van der Waals surface area contributed by atoms with Gasteiger partial charge in [0.15, 0.2) is 0 Å². The lowest BCUT2D eigenvalue weighted by Gasteiger charge is -2.27. The van der Waals surface area contributed by atoms with Crippen molar-refractivity contribution in [2.75, 3.05) is 7.11 Å². The van der Waals surface area contributed by atoms with Crippen LogP contribution in [0.1, 0.15) is 30.1 Å². The summed E-state index contributed by atoms with van der Waals surface area (Å²) in [5.74, 6) is -0.715. The van der Waals surface area contributed by atoms with E-state index in [0.717, 1.165) is 12.8 Å². The maximum atomic E-state index is 12.6. The van der Waals surface area contributed by atoms with Crippen LogP contribution in [0.25, 0.3) is 0 Å². The number of rotatable bonds is 5. The number of carboxylic acid groups (broad SMARTS) is 1. The molecule has 108 valence electrons. The van der Waals surface area contributed by atoms with Crippen molar-refractivity contribution >= 4 is 27.8 Å². The Balaban J connectivity index is 2.34. The summed E-state index contributed by atoms with van der Waals surface area (Å²) in [6.45, 7) is 1.53. The zero-order chi connectivity index (χ0) is 14.9. The number of ether oxygens (including phenoxy) is 1. The van der Waals surface area contributed by atoms with Crippen molar-refractivity contribution in [2.24, 2.45) is 0 Å². The first-order valence-electron chi connectivity index (χ1n) is 6.34. The summed E-state index contributed by atoms with van der Waals surface area (Å²) in [6, 6.07) is 4.27. The predicted molar refractivity (Wildman–Crippen MR) is 77.0 cm³/mol. The molecule has 1 aromatic rings. The van der Waals surface area contributed by atoms with E-state index in [-0.39, 0.29) is 11.9 Å². The van der Waals surface area contributed by atoms with Gasteiger partial charge < -0.3 is 14.7 Å². The van der Waals surface area contributed by atoms with E-state index in [1.165, 1.54) is 18.9 Å². The number of hydrogen-bond donors (Lipinski definition) is 1. The second-order valence-corrected chi connectivity index (χ2v) is 5.66. The molecule has 0 aromatic heterocycles. The van der Waals surface area contributed by atoms with Gasteiger partial charge in [0.05, 0.1) is 12.7 Å². The SMILES string of the molecule is COc1ccc(Br)c(C(=O)N(C2CC2)C(C)C(=O)O)c1. The van der Waals surface area contributed by atoms with Crippen LogP contribution in [-0.2, 0) is 4.79 Å². The third kappa shape index (κ3) is 2.95. The average Bonchev–Trinajstić information content (AvgIpc) is 3.23. The molecule has 1 atom stereocenters. The summed E-state index contributed by atoms with van der Waals surface area (Å²) in [4.78, 5) is 25.3. The number of methoxy groups -OCH3 is 1. The molecule has 0 bridgehead atoms. The minimum absolute atomic E-state index is 0.0201. The number of carbonyl (C=O) groups is 2. The first kappa shape index (κ1) is 14.8. The standard InChI is InChI=1S/C14H16BrNO4/c1-8(14(18)19)16(9-3-4-9)13(17)11-7-10(20-2)5-6-12(11)15/h5-9H,3-4H2,1-2H3,(H,18,19). The highest BCUT2D eigenvalue weighted by Gasteiger charge is 2.39. The molecular formula is C14H16BrNO4. The average molecular weight is 342 g/mol. The summed E-state index contributed by atoms with van der Waals surface area (Å²) in [7, 11) is 1.52. The molecule has 1 fully saturated rings. The van der Waals surface area contributed by atoms with E-state index in [4.69, 9.17) is 9.84 Å². The summed E-state index contributed by atoms with van der Waals surface area (Å²) < 4.78 is 5.75. The van der Waals surface area contributed by atoms with Gasteiger partial charge in [0.25, 0.3) is 5.91 Å². The summed E-state index contributed by atoms with van der Waals surface area (Å²) in [5, 5.41) is 9.16. The fraction of sp³-hybridized carbons (Fsp3) is 0.429. The highest BCUT2D eigenvalue weighted by molar-refractivity contribution is 9.10. The number of amides is 1. The molecule has 1 saturated carbocycles. The Morgan fingerprint density at radius 2 is 2.10 bits per heavy atom. The van der Waals surface area contributed by atoms with Gasteiger partial charge in [-0.3, -0.25) is 4.79 Å². The number of halogens is 1. The number of carbonyl (C=O) groups excluding carboxylic acids is 1. The number of benzene rings is 1. The van der Waals surface area contributed by atoms with Crippen molar-refractivity contribution in [2.45, 2.75) is 31.8 Å². The van der Waals surface area contributed by atoms with Gasteiger partial charge in [0, 0.05) is 10.5 Å². The molecular weight excluding hydrogens is 326 g/mol. The van der Waals surface area contributed by atoms with Gasteiger partial charge in [0.2, 0.25) is 0 Å².